The quantitative estimate of drug-likeness (QED) is 0.0325. The Bertz CT molecular complexity index is 1000. The second kappa shape index (κ2) is 32.3. The lowest BCUT2D eigenvalue weighted by Crippen LogP contribution is -2.60. The van der Waals surface area contributed by atoms with Gasteiger partial charge in [0.1, 0.15) is 36.6 Å². The first-order valence-electron chi connectivity index (χ1n) is 20.5. The summed E-state index contributed by atoms with van der Waals surface area (Å²) in [5.74, 6) is -0.782. The van der Waals surface area contributed by atoms with Crippen molar-refractivity contribution in [1.82, 2.24) is 5.32 Å². The van der Waals surface area contributed by atoms with Gasteiger partial charge in [-0.1, -0.05) is 120 Å². The third-order valence-electron chi connectivity index (χ3n) is 9.59. The number of hydrogen-bond donors (Lipinski definition) is 8. The molecule has 1 aliphatic heterocycles. The van der Waals surface area contributed by atoms with Gasteiger partial charge in [-0.3, -0.25) is 4.79 Å². The number of carbonyl (C=O) groups is 1. The molecule has 0 saturated carbocycles. The van der Waals surface area contributed by atoms with Gasteiger partial charge >= 0.3 is 0 Å². The van der Waals surface area contributed by atoms with Crippen LogP contribution in [-0.4, -0.2) is 110 Å². The zero-order valence-corrected chi connectivity index (χ0v) is 32.7. The van der Waals surface area contributed by atoms with Gasteiger partial charge in [0.2, 0.25) is 5.91 Å². The molecule has 0 aromatic carbocycles. The molecule has 0 aromatic rings. The lowest BCUT2D eigenvalue weighted by atomic mass is 9.99. The molecular formula is C42H75NO10. The van der Waals surface area contributed by atoms with E-state index in [9.17, 15) is 40.5 Å². The third-order valence-corrected chi connectivity index (χ3v) is 9.59. The van der Waals surface area contributed by atoms with Gasteiger partial charge in [-0.2, -0.15) is 0 Å². The van der Waals surface area contributed by atoms with Gasteiger partial charge in [-0.05, 0) is 64.2 Å². The molecular weight excluding hydrogens is 678 g/mol. The van der Waals surface area contributed by atoms with Gasteiger partial charge < -0.3 is 50.5 Å². The Morgan fingerprint density at radius 2 is 1.21 bits per heavy atom. The molecule has 1 amide bonds. The number of carbonyl (C=O) groups excluding carboxylic acids is 1. The van der Waals surface area contributed by atoms with E-state index in [-0.39, 0.29) is 12.8 Å². The highest BCUT2D eigenvalue weighted by Crippen LogP contribution is 2.23. The maximum atomic E-state index is 13.0. The van der Waals surface area contributed by atoms with Crippen LogP contribution in [0.1, 0.15) is 142 Å². The molecule has 1 fully saturated rings. The minimum absolute atomic E-state index is 0.0389. The SMILES string of the molecule is CCCCCCC/C=C/CC/C=C/CCCC(O)C(O)C(COC1OC(CO)C(O)C(O)C1O)NC(=O)C(O)C/C=C\C/C=C\CCCCCCCC. The second-order valence-electron chi connectivity index (χ2n) is 14.3. The van der Waals surface area contributed by atoms with E-state index in [1.807, 2.05) is 6.08 Å². The average molecular weight is 754 g/mol. The Kier molecular flexibility index (Phi) is 29.9. The lowest BCUT2D eigenvalue weighted by Gasteiger charge is -2.40. The molecule has 9 atom stereocenters. The van der Waals surface area contributed by atoms with Crippen molar-refractivity contribution in [2.45, 2.75) is 197 Å². The molecule has 1 heterocycles. The van der Waals surface area contributed by atoms with Gasteiger partial charge in [0.25, 0.3) is 0 Å². The van der Waals surface area contributed by atoms with Crippen LogP contribution in [0, 0.1) is 0 Å². The molecule has 0 aliphatic carbocycles. The zero-order chi connectivity index (χ0) is 39.1. The van der Waals surface area contributed by atoms with E-state index >= 15 is 0 Å². The van der Waals surface area contributed by atoms with Crippen LogP contribution in [0.2, 0.25) is 0 Å². The van der Waals surface area contributed by atoms with Gasteiger partial charge in [0.15, 0.2) is 6.29 Å². The highest BCUT2D eigenvalue weighted by Gasteiger charge is 2.44. The van der Waals surface area contributed by atoms with Crippen molar-refractivity contribution in [3.8, 4) is 0 Å². The molecule has 1 saturated heterocycles. The number of unbranched alkanes of at least 4 members (excludes halogenated alkanes) is 13. The van der Waals surface area contributed by atoms with Crippen molar-refractivity contribution >= 4 is 5.91 Å². The Morgan fingerprint density at radius 3 is 1.81 bits per heavy atom. The lowest BCUT2D eigenvalue weighted by molar-refractivity contribution is -0.303. The van der Waals surface area contributed by atoms with Crippen molar-refractivity contribution in [2.75, 3.05) is 13.2 Å². The Morgan fingerprint density at radius 1 is 0.679 bits per heavy atom. The first-order valence-corrected chi connectivity index (χ1v) is 20.5. The van der Waals surface area contributed by atoms with Crippen LogP contribution in [0.5, 0.6) is 0 Å². The van der Waals surface area contributed by atoms with Crippen molar-refractivity contribution < 1.29 is 50.0 Å². The summed E-state index contributed by atoms with van der Waals surface area (Å²) in [4.78, 5) is 13.0. The number of aliphatic hydroxyl groups excluding tert-OH is 7. The van der Waals surface area contributed by atoms with Crippen LogP contribution < -0.4 is 5.32 Å². The molecule has 11 heteroatoms. The van der Waals surface area contributed by atoms with E-state index in [1.54, 1.807) is 6.08 Å². The number of hydrogen-bond acceptors (Lipinski definition) is 10. The van der Waals surface area contributed by atoms with E-state index < -0.39 is 74.2 Å². The Labute approximate surface area is 319 Å². The van der Waals surface area contributed by atoms with Crippen LogP contribution in [0.4, 0.5) is 0 Å². The van der Waals surface area contributed by atoms with Crippen LogP contribution in [0.3, 0.4) is 0 Å². The molecule has 8 N–H and O–H groups in total. The van der Waals surface area contributed by atoms with Gasteiger partial charge in [0.05, 0.1) is 25.4 Å². The van der Waals surface area contributed by atoms with E-state index in [4.69, 9.17) is 9.47 Å². The predicted octanol–water partition coefficient (Wildman–Crippen LogP) is 5.44. The molecule has 0 aromatic heterocycles. The van der Waals surface area contributed by atoms with Gasteiger partial charge in [-0.25, -0.2) is 0 Å². The summed E-state index contributed by atoms with van der Waals surface area (Å²) < 4.78 is 11.0. The molecule has 53 heavy (non-hydrogen) atoms. The normalized spacial score (nSPS) is 23.4. The smallest absolute Gasteiger partial charge is 0.249 e. The van der Waals surface area contributed by atoms with Crippen LogP contribution >= 0.6 is 0 Å². The Hall–Kier alpha value is -1.93. The Balaban J connectivity index is 2.63. The highest BCUT2D eigenvalue weighted by atomic mass is 16.7. The van der Waals surface area contributed by atoms with E-state index in [2.05, 4.69) is 55.6 Å². The monoisotopic (exact) mass is 754 g/mol. The topological polar surface area (TPSA) is 189 Å². The average Bonchev–Trinajstić information content (AvgIpc) is 3.16. The summed E-state index contributed by atoms with van der Waals surface area (Å²) in [5, 5.41) is 75.1. The first kappa shape index (κ1) is 49.1. The summed E-state index contributed by atoms with van der Waals surface area (Å²) in [5.41, 5.74) is 0. The highest BCUT2D eigenvalue weighted by molar-refractivity contribution is 5.81. The summed E-state index contributed by atoms with van der Waals surface area (Å²) >= 11 is 0. The number of amides is 1. The summed E-state index contributed by atoms with van der Waals surface area (Å²) in [6, 6.07) is -1.22. The maximum Gasteiger partial charge on any atom is 0.249 e. The predicted molar refractivity (Wildman–Crippen MR) is 210 cm³/mol. The third kappa shape index (κ3) is 22.9. The van der Waals surface area contributed by atoms with Crippen LogP contribution in [0.25, 0.3) is 0 Å². The van der Waals surface area contributed by atoms with Crippen LogP contribution in [0.15, 0.2) is 48.6 Å². The largest absolute Gasteiger partial charge is 0.394 e. The molecule has 0 bridgehead atoms. The molecule has 11 nitrogen and oxygen atoms in total. The summed E-state index contributed by atoms with van der Waals surface area (Å²) in [6.45, 7) is 3.31. The van der Waals surface area contributed by atoms with E-state index in [0.29, 0.717) is 19.3 Å². The first-order chi connectivity index (χ1) is 25.7. The number of aliphatic hydroxyl groups is 7. The molecule has 1 rings (SSSR count). The number of ether oxygens (including phenoxy) is 2. The fraction of sp³-hybridized carbons (Fsp3) is 0.786. The van der Waals surface area contributed by atoms with Gasteiger partial charge in [0, 0.05) is 6.42 Å². The molecule has 0 spiro atoms. The minimum atomic E-state index is -1.68. The zero-order valence-electron chi connectivity index (χ0n) is 32.7. The van der Waals surface area contributed by atoms with Crippen LogP contribution in [-0.2, 0) is 14.3 Å². The standard InChI is InChI=1S/C42H75NO10/c1-3-5-7-9-11-13-15-17-18-20-21-23-25-27-29-34(45)37(47)33(32-52-42-40(50)39(49)38(48)36(31-44)53-42)43-41(51)35(46)30-28-26-24-22-19-16-14-12-10-8-6-4-2/h15,17,19,21-23,26,28,33-40,42,44-50H,3-14,16,18,20,24-25,27,29-32H2,1-2H3,(H,43,51)/b17-15+,22-19-,23-21+,28-26-. The number of nitrogens with one attached hydrogen (secondary N) is 1. The van der Waals surface area contributed by atoms with Crippen molar-refractivity contribution in [1.29, 1.82) is 0 Å². The second-order valence-corrected chi connectivity index (χ2v) is 14.3. The molecule has 9 unspecified atom stereocenters. The maximum absolute atomic E-state index is 13.0. The van der Waals surface area contributed by atoms with Crippen molar-refractivity contribution in [3.05, 3.63) is 48.6 Å². The van der Waals surface area contributed by atoms with Crippen molar-refractivity contribution in [2.24, 2.45) is 0 Å². The summed E-state index contributed by atoms with van der Waals surface area (Å²) in [7, 11) is 0. The fourth-order valence-corrected chi connectivity index (χ4v) is 6.09. The molecule has 1 aliphatic rings. The fourth-order valence-electron chi connectivity index (χ4n) is 6.09. The van der Waals surface area contributed by atoms with E-state index in [1.165, 1.54) is 70.6 Å². The molecule has 308 valence electrons. The summed E-state index contributed by atoms with van der Waals surface area (Å²) in [6.07, 6.45) is 24.8. The van der Waals surface area contributed by atoms with Gasteiger partial charge in [-0.15, -0.1) is 0 Å². The molecule has 0 radical (unpaired) electrons. The number of allylic oxidation sites excluding steroid dienone is 7. The minimum Gasteiger partial charge on any atom is -0.394 e. The van der Waals surface area contributed by atoms with E-state index in [0.717, 1.165) is 25.7 Å². The number of rotatable bonds is 32. The van der Waals surface area contributed by atoms with Crippen molar-refractivity contribution in [3.63, 3.8) is 0 Å².